The van der Waals surface area contributed by atoms with Gasteiger partial charge in [0.2, 0.25) is 5.91 Å². The SMILES string of the molecule is CC(=O)N1N=C(c2cccc(C)c2)CC1c1cn(-c2ccccc2)nc1-c1cccs1. The number of amides is 1. The molecule has 154 valence electrons. The van der Waals surface area contributed by atoms with E-state index in [4.69, 9.17) is 10.2 Å². The van der Waals surface area contributed by atoms with Crippen LogP contribution in [0, 0.1) is 6.92 Å². The van der Waals surface area contributed by atoms with Crippen LogP contribution in [-0.4, -0.2) is 26.4 Å². The van der Waals surface area contributed by atoms with Crippen molar-refractivity contribution in [1.82, 2.24) is 14.8 Å². The lowest BCUT2D eigenvalue weighted by Crippen LogP contribution is -2.24. The molecule has 1 unspecified atom stereocenters. The van der Waals surface area contributed by atoms with Crippen LogP contribution in [0.15, 0.2) is 83.4 Å². The summed E-state index contributed by atoms with van der Waals surface area (Å²) >= 11 is 1.65. The standard InChI is InChI=1S/C25H22N4OS/c1-17-8-6-9-19(14-17)22-15-23(29(26-22)18(2)30)21-16-28(20-10-4-3-5-11-20)27-25(21)24-12-7-13-31-24/h3-14,16,23H,15H2,1-2H3. The monoisotopic (exact) mass is 426 g/mol. The molecule has 0 saturated carbocycles. The van der Waals surface area contributed by atoms with E-state index in [0.29, 0.717) is 6.42 Å². The fourth-order valence-electron chi connectivity index (χ4n) is 3.99. The van der Waals surface area contributed by atoms with Gasteiger partial charge >= 0.3 is 0 Å². The Morgan fingerprint density at radius 2 is 1.90 bits per heavy atom. The van der Waals surface area contributed by atoms with E-state index in [-0.39, 0.29) is 11.9 Å². The molecule has 1 aliphatic rings. The number of hydrogen-bond donors (Lipinski definition) is 0. The molecule has 0 fully saturated rings. The highest BCUT2D eigenvalue weighted by atomic mass is 32.1. The third-order valence-electron chi connectivity index (χ3n) is 5.46. The van der Waals surface area contributed by atoms with Crippen molar-refractivity contribution in [2.24, 2.45) is 5.10 Å². The van der Waals surface area contributed by atoms with Crippen LogP contribution in [0.3, 0.4) is 0 Å². The van der Waals surface area contributed by atoms with Gasteiger partial charge in [0.25, 0.3) is 0 Å². The number of hydrogen-bond acceptors (Lipinski definition) is 4. The van der Waals surface area contributed by atoms with Gasteiger partial charge in [0.05, 0.1) is 22.3 Å². The van der Waals surface area contributed by atoms with Crippen molar-refractivity contribution in [3.63, 3.8) is 0 Å². The second-order valence-electron chi connectivity index (χ2n) is 7.69. The van der Waals surface area contributed by atoms with E-state index in [1.807, 2.05) is 58.7 Å². The molecule has 0 spiro atoms. The van der Waals surface area contributed by atoms with E-state index in [0.717, 1.165) is 33.1 Å². The Hall–Kier alpha value is -3.51. The molecule has 4 aromatic rings. The minimum absolute atomic E-state index is 0.0720. The van der Waals surface area contributed by atoms with Gasteiger partial charge in [0.1, 0.15) is 5.69 Å². The Labute approximate surface area is 185 Å². The van der Waals surface area contributed by atoms with E-state index < -0.39 is 0 Å². The Kier molecular flexibility index (Phi) is 5.00. The number of para-hydroxylation sites is 1. The third-order valence-corrected chi connectivity index (χ3v) is 6.34. The van der Waals surface area contributed by atoms with Crippen LogP contribution in [0.5, 0.6) is 0 Å². The number of aromatic nitrogens is 2. The molecule has 1 amide bonds. The molecule has 2 aromatic carbocycles. The maximum absolute atomic E-state index is 12.5. The number of thiophene rings is 1. The summed E-state index contributed by atoms with van der Waals surface area (Å²) in [6.07, 6.45) is 2.70. The van der Waals surface area contributed by atoms with Gasteiger partial charge in [-0.1, -0.05) is 54.1 Å². The number of nitrogens with zero attached hydrogens (tertiary/aromatic N) is 4. The molecule has 31 heavy (non-hydrogen) atoms. The molecule has 0 radical (unpaired) electrons. The van der Waals surface area contributed by atoms with Crippen molar-refractivity contribution < 1.29 is 4.79 Å². The normalized spacial score (nSPS) is 15.9. The molecule has 0 N–H and O–H groups in total. The Bertz CT molecular complexity index is 1260. The van der Waals surface area contributed by atoms with Crippen molar-refractivity contribution in [3.05, 3.63) is 95.0 Å². The van der Waals surface area contributed by atoms with Gasteiger partial charge in [0.15, 0.2) is 0 Å². The number of carbonyl (C=O) groups is 1. The lowest BCUT2D eigenvalue weighted by Gasteiger charge is -2.19. The van der Waals surface area contributed by atoms with Crippen molar-refractivity contribution in [2.45, 2.75) is 26.3 Å². The highest BCUT2D eigenvalue weighted by Gasteiger charge is 2.35. The van der Waals surface area contributed by atoms with Gasteiger partial charge in [-0.25, -0.2) is 9.69 Å². The van der Waals surface area contributed by atoms with Gasteiger partial charge in [0, 0.05) is 25.1 Å². The molecule has 0 aliphatic carbocycles. The molecule has 5 rings (SSSR count). The quantitative estimate of drug-likeness (QED) is 0.426. The topological polar surface area (TPSA) is 50.5 Å². The molecular weight excluding hydrogens is 404 g/mol. The van der Waals surface area contributed by atoms with Crippen LogP contribution < -0.4 is 0 Å². The van der Waals surface area contributed by atoms with Crippen molar-refractivity contribution >= 4 is 23.0 Å². The number of hydrazone groups is 1. The number of benzene rings is 2. The van der Waals surface area contributed by atoms with E-state index in [1.165, 1.54) is 5.56 Å². The van der Waals surface area contributed by atoms with Crippen LogP contribution >= 0.6 is 11.3 Å². The zero-order valence-corrected chi connectivity index (χ0v) is 18.2. The van der Waals surface area contributed by atoms with Gasteiger partial charge in [-0.3, -0.25) is 4.79 Å². The first-order valence-corrected chi connectivity index (χ1v) is 11.1. The summed E-state index contributed by atoms with van der Waals surface area (Å²) in [6, 6.07) is 22.2. The first-order chi connectivity index (χ1) is 15.1. The van der Waals surface area contributed by atoms with Crippen LogP contribution in [-0.2, 0) is 4.79 Å². The minimum Gasteiger partial charge on any atom is -0.273 e. The van der Waals surface area contributed by atoms with Crippen molar-refractivity contribution in [2.75, 3.05) is 0 Å². The van der Waals surface area contributed by atoms with Gasteiger partial charge < -0.3 is 0 Å². The highest BCUT2D eigenvalue weighted by molar-refractivity contribution is 7.13. The van der Waals surface area contributed by atoms with Crippen molar-refractivity contribution in [3.8, 4) is 16.3 Å². The summed E-state index contributed by atoms with van der Waals surface area (Å²) in [6.45, 7) is 3.64. The summed E-state index contributed by atoms with van der Waals surface area (Å²) in [5, 5.41) is 13.3. The van der Waals surface area contributed by atoms with Crippen LogP contribution in [0.25, 0.3) is 16.3 Å². The smallest absolute Gasteiger partial charge is 0.240 e. The molecule has 1 aliphatic heterocycles. The maximum Gasteiger partial charge on any atom is 0.240 e. The lowest BCUT2D eigenvalue weighted by atomic mass is 9.97. The fraction of sp³-hybridized carbons (Fsp3) is 0.160. The van der Waals surface area contributed by atoms with Gasteiger partial charge in [-0.05, 0) is 36.1 Å². The van der Waals surface area contributed by atoms with Crippen LogP contribution in [0.4, 0.5) is 0 Å². The molecule has 2 aromatic heterocycles. The van der Waals surface area contributed by atoms with Crippen LogP contribution in [0.2, 0.25) is 0 Å². The number of aryl methyl sites for hydroxylation is 1. The third kappa shape index (κ3) is 3.70. The summed E-state index contributed by atoms with van der Waals surface area (Å²) < 4.78 is 1.90. The summed E-state index contributed by atoms with van der Waals surface area (Å²) in [5.74, 6) is -0.0720. The predicted octanol–water partition coefficient (Wildman–Crippen LogP) is 5.61. The molecule has 6 heteroatoms. The fourth-order valence-corrected chi connectivity index (χ4v) is 4.72. The van der Waals surface area contributed by atoms with E-state index in [1.54, 1.807) is 23.3 Å². The molecule has 0 saturated heterocycles. The summed E-state index contributed by atoms with van der Waals surface area (Å²) in [7, 11) is 0. The zero-order valence-electron chi connectivity index (χ0n) is 17.4. The first kappa shape index (κ1) is 19.5. The van der Waals surface area contributed by atoms with Gasteiger partial charge in [-0.15, -0.1) is 11.3 Å². The number of rotatable bonds is 4. The van der Waals surface area contributed by atoms with Gasteiger partial charge in [-0.2, -0.15) is 10.2 Å². The number of carbonyl (C=O) groups excluding carboxylic acids is 1. The summed E-state index contributed by atoms with van der Waals surface area (Å²) in [5.41, 5.74) is 6.05. The highest BCUT2D eigenvalue weighted by Crippen LogP contribution is 2.39. The molecule has 3 heterocycles. The lowest BCUT2D eigenvalue weighted by molar-refractivity contribution is -0.130. The minimum atomic E-state index is -0.192. The Morgan fingerprint density at radius 3 is 2.61 bits per heavy atom. The summed E-state index contributed by atoms with van der Waals surface area (Å²) in [4.78, 5) is 13.6. The average molecular weight is 427 g/mol. The predicted molar refractivity (Wildman–Crippen MR) is 124 cm³/mol. The molecule has 0 bridgehead atoms. The Balaban J connectivity index is 1.60. The van der Waals surface area contributed by atoms with Crippen LogP contribution in [0.1, 0.15) is 36.1 Å². The first-order valence-electron chi connectivity index (χ1n) is 10.2. The van der Waals surface area contributed by atoms with E-state index in [9.17, 15) is 4.79 Å². The second-order valence-corrected chi connectivity index (χ2v) is 8.64. The zero-order chi connectivity index (χ0) is 21.4. The molecule has 5 nitrogen and oxygen atoms in total. The molecular formula is C25H22N4OS. The molecule has 1 atom stereocenters. The van der Waals surface area contributed by atoms with E-state index >= 15 is 0 Å². The maximum atomic E-state index is 12.5. The van der Waals surface area contributed by atoms with Crippen molar-refractivity contribution in [1.29, 1.82) is 0 Å². The largest absolute Gasteiger partial charge is 0.273 e. The average Bonchev–Trinajstić information content (AvgIpc) is 3.52. The second kappa shape index (κ2) is 7.96. The van der Waals surface area contributed by atoms with E-state index in [2.05, 4.69) is 31.2 Å². The Morgan fingerprint density at radius 1 is 1.06 bits per heavy atom.